The lowest BCUT2D eigenvalue weighted by molar-refractivity contribution is -0.0346. The van der Waals surface area contributed by atoms with E-state index < -0.39 is 11.6 Å². The summed E-state index contributed by atoms with van der Waals surface area (Å²) in [6.45, 7) is 2.04. The monoisotopic (exact) mass is 319 g/mol. The number of aromatic nitrogens is 7. The number of nitrogens with zero attached hydrogens (tertiary/aromatic N) is 7. The summed E-state index contributed by atoms with van der Waals surface area (Å²) in [6, 6.07) is 6.60. The second-order valence-electron chi connectivity index (χ2n) is 4.99. The Morgan fingerprint density at radius 2 is 2.05 bits per heavy atom. The van der Waals surface area contributed by atoms with Crippen LogP contribution in [0.5, 0.6) is 0 Å². The quantitative estimate of drug-likeness (QED) is 0.756. The van der Waals surface area contributed by atoms with Gasteiger partial charge in [-0.3, -0.25) is 0 Å². The maximum Gasteiger partial charge on any atom is 0.138 e. The van der Waals surface area contributed by atoms with Crippen molar-refractivity contribution < 1.29 is 5.11 Å². The van der Waals surface area contributed by atoms with Crippen molar-refractivity contribution in [1.82, 2.24) is 35.0 Å². The number of hydrogen-bond donors (Lipinski definition) is 1. The lowest BCUT2D eigenvalue weighted by Gasteiger charge is -2.34. The molecule has 0 saturated carbocycles. The number of tetrazole rings is 1. The van der Waals surface area contributed by atoms with E-state index in [0.29, 0.717) is 10.6 Å². The molecule has 2 atom stereocenters. The summed E-state index contributed by atoms with van der Waals surface area (Å²) in [6.07, 6.45) is 4.43. The molecule has 8 nitrogen and oxygen atoms in total. The molecule has 22 heavy (non-hydrogen) atoms. The average Bonchev–Trinajstić information content (AvgIpc) is 3.20. The number of hydrogen-bond acceptors (Lipinski definition) is 6. The minimum absolute atomic E-state index is 0.204. The molecule has 1 N–H and O–H groups in total. The predicted molar refractivity (Wildman–Crippen MR) is 77.9 cm³/mol. The Morgan fingerprint density at radius 3 is 2.64 bits per heavy atom. The Morgan fingerprint density at radius 1 is 1.27 bits per heavy atom. The van der Waals surface area contributed by atoms with E-state index in [2.05, 4.69) is 25.6 Å². The van der Waals surface area contributed by atoms with Crippen molar-refractivity contribution in [2.24, 2.45) is 0 Å². The molecule has 2 aromatic heterocycles. The molecule has 2 unspecified atom stereocenters. The Balaban J connectivity index is 2.02. The van der Waals surface area contributed by atoms with Crippen LogP contribution in [0.2, 0.25) is 5.02 Å². The molecule has 2 heterocycles. The van der Waals surface area contributed by atoms with Gasteiger partial charge in [0.1, 0.15) is 24.6 Å². The van der Waals surface area contributed by atoms with E-state index in [1.54, 1.807) is 35.3 Å². The molecule has 1 aromatic carbocycles. The molecule has 3 rings (SSSR count). The van der Waals surface area contributed by atoms with E-state index in [1.165, 1.54) is 17.3 Å². The van der Waals surface area contributed by atoms with Gasteiger partial charge in [0.15, 0.2) is 0 Å². The zero-order valence-electron chi connectivity index (χ0n) is 11.8. The number of aliphatic hydroxyl groups is 1. The summed E-state index contributed by atoms with van der Waals surface area (Å²) in [5.41, 5.74) is -0.594. The topological polar surface area (TPSA) is 94.5 Å². The first-order chi connectivity index (χ1) is 10.6. The molecule has 0 amide bonds. The largest absolute Gasteiger partial charge is 0.381 e. The van der Waals surface area contributed by atoms with E-state index in [1.807, 2.05) is 6.92 Å². The molecular formula is C13H14ClN7O. The first kappa shape index (κ1) is 14.6. The number of halogens is 1. The molecule has 0 aliphatic rings. The van der Waals surface area contributed by atoms with Gasteiger partial charge in [-0.2, -0.15) is 5.10 Å². The highest BCUT2D eigenvalue weighted by Gasteiger charge is 2.38. The lowest BCUT2D eigenvalue weighted by Crippen LogP contribution is -2.40. The smallest absolute Gasteiger partial charge is 0.138 e. The zero-order valence-corrected chi connectivity index (χ0v) is 12.5. The van der Waals surface area contributed by atoms with Crippen LogP contribution < -0.4 is 0 Å². The molecule has 3 aromatic rings. The van der Waals surface area contributed by atoms with Crippen molar-refractivity contribution in [3.05, 3.63) is 53.8 Å². The third kappa shape index (κ3) is 2.70. The van der Waals surface area contributed by atoms with Crippen molar-refractivity contribution in [2.45, 2.75) is 25.1 Å². The molecule has 0 bridgehead atoms. The van der Waals surface area contributed by atoms with Crippen molar-refractivity contribution in [1.29, 1.82) is 0 Å². The summed E-state index contributed by atoms with van der Waals surface area (Å²) in [5.74, 6) is 0. The van der Waals surface area contributed by atoms with Crippen molar-refractivity contribution >= 4 is 11.6 Å². The van der Waals surface area contributed by atoms with Gasteiger partial charge in [0.2, 0.25) is 0 Å². The van der Waals surface area contributed by atoms with Crippen LogP contribution in [-0.2, 0) is 12.1 Å². The van der Waals surface area contributed by atoms with Gasteiger partial charge in [0.25, 0.3) is 0 Å². The van der Waals surface area contributed by atoms with Crippen molar-refractivity contribution in [3.8, 4) is 0 Å². The van der Waals surface area contributed by atoms with Crippen molar-refractivity contribution in [3.63, 3.8) is 0 Å². The molecule has 114 valence electrons. The van der Waals surface area contributed by atoms with Gasteiger partial charge in [-0.15, -0.1) is 5.10 Å². The van der Waals surface area contributed by atoms with Crippen LogP contribution in [-0.4, -0.2) is 40.1 Å². The fraction of sp³-hybridized carbons (Fsp3) is 0.308. The molecular weight excluding hydrogens is 306 g/mol. The minimum Gasteiger partial charge on any atom is -0.381 e. The zero-order chi connectivity index (χ0) is 15.6. The van der Waals surface area contributed by atoms with Gasteiger partial charge in [0, 0.05) is 5.02 Å². The number of rotatable bonds is 5. The van der Waals surface area contributed by atoms with E-state index in [0.717, 1.165) is 0 Å². The van der Waals surface area contributed by atoms with Crippen LogP contribution in [0.4, 0.5) is 0 Å². The van der Waals surface area contributed by atoms with E-state index in [-0.39, 0.29) is 6.54 Å². The van der Waals surface area contributed by atoms with E-state index in [9.17, 15) is 5.11 Å². The van der Waals surface area contributed by atoms with Crippen LogP contribution >= 0.6 is 11.6 Å². The van der Waals surface area contributed by atoms with E-state index >= 15 is 0 Å². The molecule has 9 heteroatoms. The van der Waals surface area contributed by atoms with Gasteiger partial charge in [-0.05, 0) is 35.0 Å². The lowest BCUT2D eigenvalue weighted by atomic mass is 9.87. The van der Waals surface area contributed by atoms with Crippen LogP contribution in [0.3, 0.4) is 0 Å². The van der Waals surface area contributed by atoms with Crippen molar-refractivity contribution in [2.75, 3.05) is 0 Å². The maximum absolute atomic E-state index is 11.3. The Kier molecular flexibility index (Phi) is 3.86. The summed E-state index contributed by atoms with van der Waals surface area (Å²) in [5, 5.41) is 27.1. The van der Waals surface area contributed by atoms with Crippen LogP contribution in [0.15, 0.2) is 43.2 Å². The van der Waals surface area contributed by atoms with Crippen LogP contribution in [0.25, 0.3) is 0 Å². The number of benzene rings is 1. The molecule has 0 saturated heterocycles. The minimum atomic E-state index is -1.28. The molecule has 0 radical (unpaired) electrons. The highest BCUT2D eigenvalue weighted by atomic mass is 35.5. The van der Waals surface area contributed by atoms with Gasteiger partial charge in [-0.25, -0.2) is 14.3 Å². The highest BCUT2D eigenvalue weighted by Crippen LogP contribution is 2.34. The SMILES string of the molecule is CC(n1cnnn1)C(O)(Cn1cncn1)c1ccc(Cl)cc1. The second-order valence-corrected chi connectivity index (χ2v) is 5.43. The molecule has 0 aliphatic carbocycles. The Hall–Kier alpha value is -2.32. The van der Waals surface area contributed by atoms with Crippen LogP contribution in [0, 0.1) is 0 Å². The summed E-state index contributed by atoms with van der Waals surface area (Å²) < 4.78 is 3.07. The fourth-order valence-electron chi connectivity index (χ4n) is 2.33. The first-order valence-corrected chi connectivity index (χ1v) is 7.01. The maximum atomic E-state index is 11.3. The standard InChI is InChI=1S/C13H14ClN7O/c1-10(21-9-16-18-19-21)13(22,6-20-8-15-7-17-20)11-2-4-12(14)5-3-11/h2-5,7-10,22H,6H2,1H3. The van der Waals surface area contributed by atoms with Gasteiger partial charge in [-0.1, -0.05) is 23.7 Å². The summed E-state index contributed by atoms with van der Waals surface area (Å²) in [7, 11) is 0. The Labute approximate surface area is 131 Å². The van der Waals surface area contributed by atoms with Crippen LogP contribution in [0.1, 0.15) is 18.5 Å². The summed E-state index contributed by atoms with van der Waals surface area (Å²) in [4.78, 5) is 3.91. The molecule has 0 fully saturated rings. The van der Waals surface area contributed by atoms with Gasteiger partial charge in [0.05, 0.1) is 12.6 Å². The molecule has 0 aliphatic heterocycles. The van der Waals surface area contributed by atoms with E-state index in [4.69, 9.17) is 11.6 Å². The third-order valence-corrected chi connectivity index (χ3v) is 3.92. The summed E-state index contributed by atoms with van der Waals surface area (Å²) >= 11 is 5.94. The van der Waals surface area contributed by atoms with Gasteiger partial charge >= 0.3 is 0 Å². The predicted octanol–water partition coefficient (Wildman–Crippen LogP) is 1.07. The average molecular weight is 320 g/mol. The Bertz CT molecular complexity index is 713. The normalized spacial score (nSPS) is 15.4. The first-order valence-electron chi connectivity index (χ1n) is 6.63. The third-order valence-electron chi connectivity index (χ3n) is 3.67. The second kappa shape index (κ2) is 5.82. The molecule has 0 spiro atoms. The highest BCUT2D eigenvalue weighted by molar-refractivity contribution is 6.30. The van der Waals surface area contributed by atoms with Gasteiger partial charge < -0.3 is 5.11 Å². The fourth-order valence-corrected chi connectivity index (χ4v) is 2.46.